The van der Waals surface area contributed by atoms with Gasteiger partial charge in [-0.05, 0) is 19.3 Å². The van der Waals surface area contributed by atoms with Crippen molar-refractivity contribution in [2.24, 2.45) is 0 Å². The van der Waals surface area contributed by atoms with Crippen molar-refractivity contribution in [3.63, 3.8) is 0 Å². The van der Waals surface area contributed by atoms with Crippen LogP contribution in [0.5, 0.6) is 0 Å². The number of aliphatic hydroxyl groups excluding tert-OH is 1. The molecule has 1 saturated carbocycles. The number of rotatable bonds is 7. The van der Waals surface area contributed by atoms with Crippen LogP contribution in [0.25, 0.3) is 0 Å². The Hall–Kier alpha value is -1.10. The van der Waals surface area contributed by atoms with Crippen LogP contribution in [0.3, 0.4) is 0 Å². The zero-order valence-corrected chi connectivity index (χ0v) is 8.90. The first kappa shape index (κ1) is 12.0. The molecular formula is C10H18N2O3. The molecular weight excluding hydrogens is 196 g/mol. The minimum Gasteiger partial charge on any atom is -0.381 e. The first-order chi connectivity index (χ1) is 7.19. The van der Waals surface area contributed by atoms with Crippen LogP contribution in [0, 0.1) is 0 Å². The highest BCUT2D eigenvalue weighted by Gasteiger charge is 2.30. The second kappa shape index (κ2) is 5.70. The van der Waals surface area contributed by atoms with Gasteiger partial charge in [-0.2, -0.15) is 0 Å². The van der Waals surface area contributed by atoms with Gasteiger partial charge in [0.2, 0.25) is 6.41 Å². The van der Waals surface area contributed by atoms with E-state index in [9.17, 15) is 14.7 Å². The van der Waals surface area contributed by atoms with Gasteiger partial charge in [-0.3, -0.25) is 9.59 Å². The van der Waals surface area contributed by atoms with E-state index in [-0.39, 0.29) is 11.9 Å². The number of amides is 2. The Labute approximate surface area is 89.2 Å². The summed E-state index contributed by atoms with van der Waals surface area (Å²) in [6.07, 6.45) is 2.75. The topological polar surface area (TPSA) is 78.4 Å². The van der Waals surface area contributed by atoms with Gasteiger partial charge in [0.25, 0.3) is 5.91 Å². The molecule has 0 aromatic carbocycles. The van der Waals surface area contributed by atoms with Crippen LogP contribution >= 0.6 is 0 Å². The maximum absolute atomic E-state index is 11.5. The molecule has 5 heteroatoms. The third-order valence-electron chi connectivity index (χ3n) is 2.46. The molecule has 0 spiro atoms. The summed E-state index contributed by atoms with van der Waals surface area (Å²) in [6.45, 7) is 1.94. The zero-order chi connectivity index (χ0) is 11.3. The molecule has 2 amide bonds. The molecule has 1 aliphatic carbocycles. The Bertz CT molecular complexity index is 229. The Morgan fingerprint density at radius 1 is 1.60 bits per heavy atom. The first-order valence-electron chi connectivity index (χ1n) is 5.37. The molecule has 0 radical (unpaired) electrons. The van der Waals surface area contributed by atoms with Crippen LogP contribution in [0.4, 0.5) is 0 Å². The standard InChI is InChI=1S/C10H18N2O3/c1-2-3-8(11-6-13)9(14)10(15)12-7-4-5-7/h6-9,14H,2-5H2,1H3,(H,11,13)(H,12,15). The second-order valence-electron chi connectivity index (χ2n) is 3.91. The Kier molecular flexibility index (Phi) is 4.55. The minimum atomic E-state index is -1.14. The van der Waals surface area contributed by atoms with Crippen molar-refractivity contribution in [2.45, 2.75) is 50.8 Å². The fraction of sp³-hybridized carbons (Fsp3) is 0.800. The van der Waals surface area contributed by atoms with Crippen molar-refractivity contribution in [3.05, 3.63) is 0 Å². The molecule has 0 aliphatic heterocycles. The van der Waals surface area contributed by atoms with Crippen LogP contribution < -0.4 is 10.6 Å². The summed E-state index contributed by atoms with van der Waals surface area (Å²) in [5, 5.41) is 14.9. The number of nitrogens with one attached hydrogen (secondary N) is 2. The second-order valence-corrected chi connectivity index (χ2v) is 3.91. The Morgan fingerprint density at radius 3 is 2.73 bits per heavy atom. The van der Waals surface area contributed by atoms with Gasteiger partial charge in [0.15, 0.2) is 6.10 Å². The number of hydrogen-bond acceptors (Lipinski definition) is 3. The quantitative estimate of drug-likeness (QED) is 0.502. The van der Waals surface area contributed by atoms with Crippen molar-refractivity contribution in [3.8, 4) is 0 Å². The molecule has 2 unspecified atom stereocenters. The van der Waals surface area contributed by atoms with Gasteiger partial charge in [-0.25, -0.2) is 0 Å². The van der Waals surface area contributed by atoms with Gasteiger partial charge in [0, 0.05) is 6.04 Å². The maximum Gasteiger partial charge on any atom is 0.251 e. The normalized spacial score (nSPS) is 19.1. The van der Waals surface area contributed by atoms with E-state index < -0.39 is 12.1 Å². The van der Waals surface area contributed by atoms with Crippen molar-refractivity contribution in [1.82, 2.24) is 10.6 Å². The average molecular weight is 214 g/mol. The SMILES string of the molecule is CCCC(NC=O)C(O)C(=O)NC1CC1. The molecule has 1 fully saturated rings. The van der Waals surface area contributed by atoms with E-state index in [4.69, 9.17) is 0 Å². The van der Waals surface area contributed by atoms with Crippen LogP contribution in [-0.4, -0.2) is 35.6 Å². The summed E-state index contributed by atoms with van der Waals surface area (Å²) in [7, 11) is 0. The molecule has 0 aromatic heterocycles. The highest BCUT2D eigenvalue weighted by atomic mass is 16.3. The zero-order valence-electron chi connectivity index (χ0n) is 8.90. The van der Waals surface area contributed by atoms with Crippen LogP contribution in [0.15, 0.2) is 0 Å². The largest absolute Gasteiger partial charge is 0.381 e. The van der Waals surface area contributed by atoms with E-state index in [2.05, 4.69) is 10.6 Å². The summed E-state index contributed by atoms with van der Waals surface area (Å²) in [5.41, 5.74) is 0. The molecule has 1 rings (SSSR count). The average Bonchev–Trinajstić information content (AvgIpc) is 3.00. The van der Waals surface area contributed by atoms with Gasteiger partial charge in [-0.15, -0.1) is 0 Å². The predicted octanol–water partition coefficient (Wildman–Crippen LogP) is -0.459. The maximum atomic E-state index is 11.5. The molecule has 15 heavy (non-hydrogen) atoms. The van der Waals surface area contributed by atoms with E-state index in [1.54, 1.807) is 0 Å². The molecule has 0 heterocycles. The molecule has 0 saturated heterocycles. The number of aliphatic hydroxyl groups is 1. The van der Waals surface area contributed by atoms with Crippen LogP contribution in [-0.2, 0) is 9.59 Å². The number of hydrogen-bond donors (Lipinski definition) is 3. The Balaban J connectivity index is 2.40. The van der Waals surface area contributed by atoms with Crippen molar-refractivity contribution < 1.29 is 14.7 Å². The molecule has 86 valence electrons. The summed E-state index contributed by atoms with van der Waals surface area (Å²) in [6, 6.07) is -0.253. The molecule has 0 aromatic rings. The lowest BCUT2D eigenvalue weighted by atomic mass is 10.1. The van der Waals surface area contributed by atoms with Crippen molar-refractivity contribution >= 4 is 12.3 Å². The number of carbonyl (C=O) groups is 2. The summed E-state index contributed by atoms with van der Waals surface area (Å²) >= 11 is 0. The van der Waals surface area contributed by atoms with Gasteiger partial charge >= 0.3 is 0 Å². The minimum absolute atomic E-state index is 0.227. The van der Waals surface area contributed by atoms with E-state index in [1.165, 1.54) is 0 Å². The van der Waals surface area contributed by atoms with E-state index >= 15 is 0 Å². The predicted molar refractivity (Wildman–Crippen MR) is 55.1 cm³/mol. The van der Waals surface area contributed by atoms with Gasteiger partial charge in [0.1, 0.15) is 0 Å². The molecule has 0 bridgehead atoms. The molecule has 5 nitrogen and oxygen atoms in total. The van der Waals surface area contributed by atoms with E-state index in [0.29, 0.717) is 12.8 Å². The first-order valence-corrected chi connectivity index (χ1v) is 5.37. The highest BCUT2D eigenvalue weighted by molar-refractivity contribution is 5.82. The molecule has 2 atom stereocenters. The van der Waals surface area contributed by atoms with Crippen LogP contribution in [0.1, 0.15) is 32.6 Å². The molecule has 1 aliphatic rings. The van der Waals surface area contributed by atoms with E-state index in [0.717, 1.165) is 19.3 Å². The fourth-order valence-electron chi connectivity index (χ4n) is 1.43. The lowest BCUT2D eigenvalue weighted by molar-refractivity contribution is -0.131. The fourth-order valence-corrected chi connectivity index (χ4v) is 1.43. The monoisotopic (exact) mass is 214 g/mol. The Morgan fingerprint density at radius 2 is 2.27 bits per heavy atom. The van der Waals surface area contributed by atoms with Gasteiger partial charge in [0.05, 0.1) is 6.04 Å². The third kappa shape index (κ3) is 3.87. The van der Waals surface area contributed by atoms with Crippen molar-refractivity contribution in [1.29, 1.82) is 0 Å². The van der Waals surface area contributed by atoms with Crippen molar-refractivity contribution in [2.75, 3.05) is 0 Å². The summed E-state index contributed by atoms with van der Waals surface area (Å²) in [5.74, 6) is -0.384. The lowest BCUT2D eigenvalue weighted by Gasteiger charge is -2.20. The van der Waals surface area contributed by atoms with Gasteiger partial charge < -0.3 is 15.7 Å². The molecule has 3 N–H and O–H groups in total. The number of carbonyl (C=O) groups excluding carboxylic acids is 2. The lowest BCUT2D eigenvalue weighted by Crippen LogP contribution is -2.48. The van der Waals surface area contributed by atoms with Gasteiger partial charge in [-0.1, -0.05) is 13.3 Å². The third-order valence-corrected chi connectivity index (χ3v) is 2.46. The summed E-state index contributed by atoms with van der Waals surface area (Å²) < 4.78 is 0. The summed E-state index contributed by atoms with van der Waals surface area (Å²) in [4.78, 5) is 21.8. The van der Waals surface area contributed by atoms with E-state index in [1.807, 2.05) is 6.92 Å². The van der Waals surface area contributed by atoms with Crippen LogP contribution in [0.2, 0.25) is 0 Å². The smallest absolute Gasteiger partial charge is 0.251 e. The highest BCUT2D eigenvalue weighted by Crippen LogP contribution is 2.19.